The van der Waals surface area contributed by atoms with E-state index >= 15 is 0 Å². The van der Waals surface area contributed by atoms with Gasteiger partial charge in [-0.3, -0.25) is 16.0 Å². The molecule has 2 rings (SSSR count). The largest absolute Gasteiger partial charge is 0.300 e. The fraction of sp³-hybridized carbons (Fsp3) is 0.267. The summed E-state index contributed by atoms with van der Waals surface area (Å²) in [6, 6.07) is 9.82. The van der Waals surface area contributed by atoms with Crippen LogP contribution in [-0.4, -0.2) is 25.5 Å². The Morgan fingerprint density at radius 2 is 1.83 bits per heavy atom. The van der Waals surface area contributed by atoms with Crippen molar-refractivity contribution in [2.45, 2.75) is 12.1 Å². The highest BCUT2D eigenvalue weighted by Gasteiger charge is 2.24. The lowest BCUT2D eigenvalue weighted by Gasteiger charge is -2.31. The summed E-state index contributed by atoms with van der Waals surface area (Å²) in [5.41, 5.74) is 2.32. The zero-order valence-electron chi connectivity index (χ0n) is 10.8. The van der Waals surface area contributed by atoms with Crippen LogP contribution in [-0.2, 0) is 0 Å². The SMILES string of the molecule is CNC1(NC)C=CC(C(=N)c2ccccc2)=CC1. The number of hydrogen-bond acceptors (Lipinski definition) is 3. The lowest BCUT2D eigenvalue weighted by atomic mass is 9.92. The van der Waals surface area contributed by atoms with Crippen molar-refractivity contribution in [1.82, 2.24) is 10.6 Å². The minimum Gasteiger partial charge on any atom is -0.300 e. The molecule has 0 aromatic heterocycles. The van der Waals surface area contributed by atoms with E-state index in [0.29, 0.717) is 5.71 Å². The van der Waals surface area contributed by atoms with Crippen molar-refractivity contribution < 1.29 is 0 Å². The Balaban J connectivity index is 2.17. The second-order valence-corrected chi connectivity index (χ2v) is 4.41. The van der Waals surface area contributed by atoms with E-state index in [4.69, 9.17) is 5.41 Å². The van der Waals surface area contributed by atoms with E-state index in [0.717, 1.165) is 17.6 Å². The number of hydrogen-bond donors (Lipinski definition) is 3. The first-order valence-corrected chi connectivity index (χ1v) is 6.12. The molecular weight excluding hydrogens is 222 g/mol. The number of nitrogens with one attached hydrogen (secondary N) is 3. The molecule has 0 amide bonds. The van der Waals surface area contributed by atoms with Crippen LogP contribution in [0.1, 0.15) is 12.0 Å². The average Bonchev–Trinajstić information content (AvgIpc) is 2.47. The van der Waals surface area contributed by atoms with E-state index in [2.05, 4.69) is 22.8 Å². The van der Waals surface area contributed by atoms with Gasteiger partial charge in [0.25, 0.3) is 0 Å². The summed E-state index contributed by atoms with van der Waals surface area (Å²) < 4.78 is 0. The molecule has 0 radical (unpaired) electrons. The van der Waals surface area contributed by atoms with Gasteiger partial charge in [-0.2, -0.15) is 0 Å². The molecule has 1 aliphatic carbocycles. The Morgan fingerprint density at radius 3 is 2.33 bits per heavy atom. The molecule has 1 aromatic carbocycles. The van der Waals surface area contributed by atoms with Gasteiger partial charge in [0, 0.05) is 6.42 Å². The normalized spacial score (nSPS) is 17.3. The van der Waals surface area contributed by atoms with Crippen molar-refractivity contribution >= 4 is 5.71 Å². The van der Waals surface area contributed by atoms with Crippen LogP contribution in [0.25, 0.3) is 0 Å². The Morgan fingerprint density at radius 1 is 1.17 bits per heavy atom. The quantitative estimate of drug-likeness (QED) is 0.558. The third-order valence-electron chi connectivity index (χ3n) is 3.43. The predicted octanol–water partition coefficient (Wildman–Crippen LogP) is 2.08. The van der Waals surface area contributed by atoms with Gasteiger partial charge >= 0.3 is 0 Å². The van der Waals surface area contributed by atoms with E-state index in [-0.39, 0.29) is 5.66 Å². The molecule has 1 aromatic rings. The zero-order chi connectivity index (χ0) is 13.0. The molecule has 0 unspecified atom stereocenters. The van der Waals surface area contributed by atoms with Crippen LogP contribution < -0.4 is 10.6 Å². The summed E-state index contributed by atoms with van der Waals surface area (Å²) >= 11 is 0. The summed E-state index contributed by atoms with van der Waals surface area (Å²) in [4.78, 5) is 0. The molecule has 3 heteroatoms. The third kappa shape index (κ3) is 2.42. The smallest absolute Gasteiger partial charge is 0.0912 e. The Labute approximate surface area is 108 Å². The molecule has 0 atom stereocenters. The maximum Gasteiger partial charge on any atom is 0.0912 e. The summed E-state index contributed by atoms with van der Waals surface area (Å²) in [6.07, 6.45) is 7.02. The maximum atomic E-state index is 8.21. The molecule has 0 fully saturated rings. The Kier molecular flexibility index (Phi) is 3.75. The molecule has 18 heavy (non-hydrogen) atoms. The molecule has 94 valence electrons. The van der Waals surface area contributed by atoms with Crippen molar-refractivity contribution in [2.24, 2.45) is 0 Å². The molecule has 3 N–H and O–H groups in total. The van der Waals surface area contributed by atoms with Crippen LogP contribution in [0.5, 0.6) is 0 Å². The lowest BCUT2D eigenvalue weighted by Crippen LogP contribution is -2.52. The van der Waals surface area contributed by atoms with Crippen LogP contribution in [0.15, 0.2) is 54.1 Å². The molecule has 0 saturated carbocycles. The number of rotatable bonds is 4. The van der Waals surface area contributed by atoms with Crippen LogP contribution >= 0.6 is 0 Å². The maximum absolute atomic E-state index is 8.21. The molecule has 0 spiro atoms. The van der Waals surface area contributed by atoms with Crippen molar-refractivity contribution in [3.63, 3.8) is 0 Å². The van der Waals surface area contributed by atoms with Crippen molar-refractivity contribution in [2.75, 3.05) is 14.1 Å². The molecule has 0 heterocycles. The van der Waals surface area contributed by atoms with E-state index in [1.54, 1.807) is 0 Å². The highest BCUT2D eigenvalue weighted by atomic mass is 15.2. The van der Waals surface area contributed by atoms with Gasteiger partial charge in [0.05, 0.1) is 11.4 Å². The molecule has 0 aliphatic heterocycles. The predicted molar refractivity (Wildman–Crippen MR) is 76.0 cm³/mol. The fourth-order valence-electron chi connectivity index (χ4n) is 2.09. The van der Waals surface area contributed by atoms with E-state index < -0.39 is 0 Å². The van der Waals surface area contributed by atoms with Crippen LogP contribution in [0.4, 0.5) is 0 Å². The molecule has 3 nitrogen and oxygen atoms in total. The van der Waals surface area contributed by atoms with Crippen LogP contribution in [0.3, 0.4) is 0 Å². The first kappa shape index (κ1) is 12.7. The molecule has 0 bridgehead atoms. The zero-order valence-corrected chi connectivity index (χ0v) is 10.8. The van der Waals surface area contributed by atoms with Gasteiger partial charge in [0.2, 0.25) is 0 Å². The Hall–Kier alpha value is -1.71. The molecular formula is C15H19N3. The van der Waals surface area contributed by atoms with Gasteiger partial charge in [0.1, 0.15) is 0 Å². The second-order valence-electron chi connectivity index (χ2n) is 4.41. The van der Waals surface area contributed by atoms with Crippen molar-refractivity contribution in [3.05, 3.63) is 59.7 Å². The topological polar surface area (TPSA) is 47.9 Å². The monoisotopic (exact) mass is 241 g/mol. The van der Waals surface area contributed by atoms with Crippen LogP contribution in [0.2, 0.25) is 0 Å². The summed E-state index contributed by atoms with van der Waals surface area (Å²) in [6.45, 7) is 0. The van der Waals surface area contributed by atoms with E-state index in [9.17, 15) is 0 Å². The number of likely N-dealkylation sites (N-methyl/N-ethyl adjacent to an activating group) is 2. The van der Waals surface area contributed by atoms with E-state index in [1.165, 1.54) is 0 Å². The fourth-order valence-corrected chi connectivity index (χ4v) is 2.09. The van der Waals surface area contributed by atoms with Crippen molar-refractivity contribution in [1.29, 1.82) is 5.41 Å². The van der Waals surface area contributed by atoms with Crippen LogP contribution in [0, 0.1) is 5.41 Å². The van der Waals surface area contributed by atoms with Gasteiger partial charge in [-0.05, 0) is 31.3 Å². The third-order valence-corrected chi connectivity index (χ3v) is 3.43. The summed E-state index contributed by atoms with van der Waals surface area (Å²) in [7, 11) is 3.87. The average molecular weight is 241 g/mol. The number of allylic oxidation sites excluding steroid dienone is 2. The van der Waals surface area contributed by atoms with E-state index in [1.807, 2.05) is 50.5 Å². The van der Waals surface area contributed by atoms with Gasteiger partial charge < -0.3 is 0 Å². The molecule has 0 saturated heterocycles. The Bertz CT molecular complexity index is 482. The number of benzene rings is 1. The van der Waals surface area contributed by atoms with Gasteiger partial charge in [-0.25, -0.2) is 0 Å². The summed E-state index contributed by atoms with van der Waals surface area (Å²) in [5.74, 6) is 0. The standard InChI is InChI=1S/C15H19N3/c1-17-15(18-2)10-8-13(9-11-15)14(16)12-6-4-3-5-7-12/h3-10,16-18H,11H2,1-2H3. The lowest BCUT2D eigenvalue weighted by molar-refractivity contribution is 0.376. The summed E-state index contributed by atoms with van der Waals surface area (Å²) in [5, 5.41) is 14.7. The first-order chi connectivity index (χ1) is 8.71. The van der Waals surface area contributed by atoms with Crippen molar-refractivity contribution in [3.8, 4) is 0 Å². The van der Waals surface area contributed by atoms with Gasteiger partial charge in [0.15, 0.2) is 0 Å². The van der Waals surface area contributed by atoms with Gasteiger partial charge in [-0.15, -0.1) is 0 Å². The first-order valence-electron chi connectivity index (χ1n) is 6.12. The highest BCUT2D eigenvalue weighted by Crippen LogP contribution is 2.20. The highest BCUT2D eigenvalue weighted by molar-refractivity contribution is 6.12. The second kappa shape index (κ2) is 5.29. The minimum atomic E-state index is -0.180. The molecule has 1 aliphatic rings. The minimum absolute atomic E-state index is 0.180. The van der Waals surface area contributed by atoms with Gasteiger partial charge in [-0.1, -0.05) is 42.5 Å².